The summed E-state index contributed by atoms with van der Waals surface area (Å²) in [5.74, 6) is 0. The molecule has 1 heterocycles. The Balaban J connectivity index is 1.87. The van der Waals surface area contributed by atoms with Crippen LogP contribution in [0.25, 0.3) is 0 Å². The van der Waals surface area contributed by atoms with Crippen molar-refractivity contribution in [2.45, 2.75) is 53.6 Å². The average molecular weight is 469 g/mol. The number of anilines is 1. The van der Waals surface area contributed by atoms with Crippen molar-refractivity contribution in [1.82, 2.24) is 5.32 Å². The van der Waals surface area contributed by atoms with Gasteiger partial charge in [-0.25, -0.2) is 0 Å². The molecule has 144 valence electrons. The topological polar surface area (TPSA) is 15.3 Å². The first kappa shape index (κ1) is 20.5. The Morgan fingerprint density at radius 2 is 1.78 bits per heavy atom. The number of fused-ring (bicyclic) bond motifs is 1. The van der Waals surface area contributed by atoms with Crippen molar-refractivity contribution in [2.24, 2.45) is 0 Å². The van der Waals surface area contributed by atoms with Gasteiger partial charge in [0.2, 0.25) is 0 Å². The molecule has 3 heteroatoms. The van der Waals surface area contributed by atoms with Crippen LogP contribution >= 0.6 is 0 Å². The van der Waals surface area contributed by atoms with E-state index in [1.165, 1.54) is 36.1 Å². The molecule has 2 aromatic rings. The number of benzene rings is 2. The summed E-state index contributed by atoms with van der Waals surface area (Å²) in [6.07, 6.45) is 8.44. The summed E-state index contributed by atoms with van der Waals surface area (Å²) in [7, 11) is 0. The average Bonchev–Trinajstić information content (AvgIpc) is 2.66. The van der Waals surface area contributed by atoms with E-state index in [4.69, 9.17) is 0 Å². The van der Waals surface area contributed by atoms with E-state index in [1.807, 2.05) is 0 Å². The van der Waals surface area contributed by atoms with Gasteiger partial charge in [0.15, 0.2) is 0 Å². The Labute approximate surface area is 169 Å². The maximum atomic E-state index is 3.76. The molecule has 2 aromatic carbocycles. The number of rotatable bonds is 8. The van der Waals surface area contributed by atoms with E-state index in [-0.39, 0.29) is 0 Å². The van der Waals surface area contributed by atoms with Gasteiger partial charge in [0.25, 0.3) is 0 Å². The van der Waals surface area contributed by atoms with Crippen molar-refractivity contribution in [1.29, 1.82) is 0 Å². The molecule has 0 fully saturated rings. The van der Waals surface area contributed by atoms with Gasteiger partial charge in [-0.1, -0.05) is 0 Å². The minimum absolute atomic E-state index is 0.327. The molecule has 3 rings (SSSR count). The number of nitrogens with one attached hydrogen (secondary N) is 1. The molecule has 0 amide bonds. The van der Waals surface area contributed by atoms with Gasteiger partial charge < -0.3 is 0 Å². The summed E-state index contributed by atoms with van der Waals surface area (Å²) in [6.45, 7) is 4.27. The maximum absolute atomic E-state index is 3.76. The van der Waals surface area contributed by atoms with Crippen LogP contribution in [0.2, 0.25) is 14.8 Å². The van der Waals surface area contributed by atoms with Crippen LogP contribution in [0.3, 0.4) is 0 Å². The van der Waals surface area contributed by atoms with Crippen molar-refractivity contribution in [2.75, 3.05) is 11.4 Å². The molecule has 1 N–H and O–H groups in total. The molecule has 0 bridgehead atoms. The molecule has 0 aromatic heterocycles. The van der Waals surface area contributed by atoms with Crippen molar-refractivity contribution < 1.29 is 0 Å². The molecule has 0 saturated carbocycles. The molecule has 0 saturated heterocycles. The van der Waals surface area contributed by atoms with Crippen LogP contribution in [0.5, 0.6) is 0 Å². The van der Waals surface area contributed by atoms with E-state index in [0.717, 1.165) is 13.1 Å². The number of unbranched alkanes of at least 4 members (excludes halogenated alkanes) is 2. The standard InChI is InChI=1S/C21H25N2.3CH3.Sn/c1-2-3-9-15-22-20-14-16-23(17-18-10-5-4-6-11-18)21-13-8-7-12-19(20)21;;;;/h4-7,10-14,16,20,22H,2-3,9,15,17H2,1H3;3*1H3;. The summed E-state index contributed by atoms with van der Waals surface area (Å²) in [6, 6.07) is 18.4. The molecule has 1 atom stereocenters. The SMILES string of the molecule is CCCCCNC1C=CN(Cc2ccccc2)c2c[c]([Sn]([CH3])([CH3])[CH3])ccc21. The van der Waals surface area contributed by atoms with Gasteiger partial charge in [0.05, 0.1) is 0 Å². The third-order valence-corrected chi connectivity index (χ3v) is 11.2. The molecule has 1 aliphatic heterocycles. The predicted octanol–water partition coefficient (Wildman–Crippen LogP) is 5.59. The zero-order valence-corrected chi connectivity index (χ0v) is 20.2. The van der Waals surface area contributed by atoms with Gasteiger partial charge in [0, 0.05) is 0 Å². The van der Waals surface area contributed by atoms with Gasteiger partial charge in [-0.05, 0) is 0 Å². The molecule has 1 unspecified atom stereocenters. The Kier molecular flexibility index (Phi) is 7.04. The summed E-state index contributed by atoms with van der Waals surface area (Å²) in [4.78, 5) is 9.92. The predicted molar refractivity (Wildman–Crippen MR) is 121 cm³/mol. The first-order chi connectivity index (χ1) is 13.0. The number of nitrogens with zero attached hydrogens (tertiary/aromatic N) is 1. The van der Waals surface area contributed by atoms with Crippen LogP contribution in [0.15, 0.2) is 60.8 Å². The molecule has 0 spiro atoms. The van der Waals surface area contributed by atoms with Crippen LogP contribution in [0.1, 0.15) is 43.4 Å². The molecule has 1 aliphatic rings. The van der Waals surface area contributed by atoms with Crippen molar-refractivity contribution in [3.8, 4) is 0 Å². The zero-order valence-electron chi connectivity index (χ0n) is 17.3. The van der Waals surface area contributed by atoms with Crippen LogP contribution in [-0.4, -0.2) is 24.9 Å². The second kappa shape index (κ2) is 9.29. The van der Waals surface area contributed by atoms with E-state index >= 15 is 0 Å². The van der Waals surface area contributed by atoms with Crippen molar-refractivity contribution in [3.63, 3.8) is 0 Å². The van der Waals surface area contributed by atoms with Gasteiger partial charge in [-0.15, -0.1) is 0 Å². The monoisotopic (exact) mass is 470 g/mol. The summed E-state index contributed by atoms with van der Waals surface area (Å²) in [5, 5.41) is 3.76. The molecule has 27 heavy (non-hydrogen) atoms. The summed E-state index contributed by atoms with van der Waals surface area (Å²) in [5.41, 5.74) is 4.16. The quantitative estimate of drug-likeness (QED) is 0.401. The third kappa shape index (κ3) is 5.38. The molecule has 2 nitrogen and oxygen atoms in total. The van der Waals surface area contributed by atoms with E-state index in [1.54, 1.807) is 3.58 Å². The van der Waals surface area contributed by atoms with Crippen molar-refractivity contribution >= 4 is 27.6 Å². The van der Waals surface area contributed by atoms with Crippen LogP contribution in [0.4, 0.5) is 5.69 Å². The second-order valence-corrected chi connectivity index (χ2v) is 23.1. The Hall–Kier alpha value is -1.26. The second-order valence-electron chi connectivity index (χ2n) is 8.62. The molecular weight excluding hydrogens is 435 g/mol. The van der Waals surface area contributed by atoms with Gasteiger partial charge in [-0.2, -0.15) is 0 Å². The van der Waals surface area contributed by atoms with Gasteiger partial charge in [-0.3, -0.25) is 0 Å². The van der Waals surface area contributed by atoms with Crippen LogP contribution in [0, 0.1) is 0 Å². The van der Waals surface area contributed by atoms with E-state index < -0.39 is 18.4 Å². The minimum atomic E-state index is -2.11. The first-order valence-corrected chi connectivity index (χ1v) is 20.3. The van der Waals surface area contributed by atoms with Crippen LogP contribution < -0.4 is 13.8 Å². The van der Waals surface area contributed by atoms with E-state index in [0.29, 0.717) is 6.04 Å². The summed E-state index contributed by atoms with van der Waals surface area (Å²) < 4.78 is 1.60. The Morgan fingerprint density at radius 1 is 1.00 bits per heavy atom. The van der Waals surface area contributed by atoms with E-state index in [9.17, 15) is 0 Å². The summed E-state index contributed by atoms with van der Waals surface area (Å²) >= 11 is -2.11. The van der Waals surface area contributed by atoms with Crippen molar-refractivity contribution in [3.05, 3.63) is 71.9 Å². The fourth-order valence-electron chi connectivity index (χ4n) is 3.62. The molecular formula is C24H34N2Sn. The fourth-order valence-corrected chi connectivity index (χ4v) is 6.92. The Morgan fingerprint density at radius 3 is 2.48 bits per heavy atom. The Bertz CT molecular complexity index is 762. The first-order valence-electron chi connectivity index (χ1n) is 10.4. The molecule has 0 radical (unpaired) electrons. The number of hydrogen-bond donors (Lipinski definition) is 1. The van der Waals surface area contributed by atoms with Gasteiger partial charge >= 0.3 is 170 Å². The normalized spacial score (nSPS) is 16.4. The molecule has 0 aliphatic carbocycles. The van der Waals surface area contributed by atoms with Crippen LogP contribution in [-0.2, 0) is 6.54 Å². The third-order valence-electron chi connectivity index (χ3n) is 5.34. The zero-order chi connectivity index (χ0) is 19.3. The number of hydrogen-bond acceptors (Lipinski definition) is 2. The van der Waals surface area contributed by atoms with E-state index in [2.05, 4.69) is 92.8 Å². The van der Waals surface area contributed by atoms with Gasteiger partial charge in [0.1, 0.15) is 0 Å². The fraction of sp³-hybridized carbons (Fsp3) is 0.417.